The molecule has 0 amide bonds. The quantitative estimate of drug-likeness (QED) is 0.478. The SMILES string of the molecule is CCOC(=O)C1=C(C)N[C@@H](c2ccccc2)N[C@H]1c1ccccc1[N+](=O)[O-]. The highest BCUT2D eigenvalue weighted by atomic mass is 16.6. The Bertz CT molecular complexity index is 880. The monoisotopic (exact) mass is 367 g/mol. The van der Waals surface area contributed by atoms with E-state index in [2.05, 4.69) is 10.6 Å². The van der Waals surface area contributed by atoms with Crippen molar-refractivity contribution in [2.24, 2.45) is 0 Å². The molecule has 2 aromatic rings. The highest BCUT2D eigenvalue weighted by Crippen LogP contribution is 2.36. The van der Waals surface area contributed by atoms with Crippen LogP contribution in [0.2, 0.25) is 0 Å². The molecule has 0 radical (unpaired) electrons. The van der Waals surface area contributed by atoms with E-state index in [0.29, 0.717) is 16.8 Å². The standard InChI is InChI=1S/C20H21N3O4/c1-3-27-20(24)17-13(2)21-19(14-9-5-4-6-10-14)22-18(17)15-11-7-8-12-16(15)23(25)26/h4-12,18-19,21-22H,3H2,1-2H3/t18-,19+/m0/s1. The minimum absolute atomic E-state index is 0.0432. The topological polar surface area (TPSA) is 93.5 Å². The van der Waals surface area contributed by atoms with Crippen molar-refractivity contribution in [2.45, 2.75) is 26.1 Å². The lowest BCUT2D eigenvalue weighted by Crippen LogP contribution is -2.44. The largest absolute Gasteiger partial charge is 0.463 e. The molecule has 7 heteroatoms. The molecule has 1 aliphatic rings. The highest BCUT2D eigenvalue weighted by molar-refractivity contribution is 5.91. The highest BCUT2D eigenvalue weighted by Gasteiger charge is 2.36. The van der Waals surface area contributed by atoms with Gasteiger partial charge in [0.25, 0.3) is 5.69 Å². The van der Waals surface area contributed by atoms with E-state index in [1.54, 1.807) is 32.0 Å². The Hall–Kier alpha value is -3.19. The number of hydrogen-bond donors (Lipinski definition) is 2. The molecule has 0 spiro atoms. The molecule has 2 N–H and O–H groups in total. The van der Waals surface area contributed by atoms with Gasteiger partial charge >= 0.3 is 5.97 Å². The lowest BCUT2D eigenvalue weighted by Gasteiger charge is -2.35. The van der Waals surface area contributed by atoms with Gasteiger partial charge in [-0.05, 0) is 19.4 Å². The third kappa shape index (κ3) is 3.83. The summed E-state index contributed by atoms with van der Waals surface area (Å²) in [5.74, 6) is -0.496. The number of hydrogen-bond acceptors (Lipinski definition) is 6. The van der Waals surface area contributed by atoms with E-state index in [0.717, 1.165) is 5.56 Å². The number of nitrogens with zero attached hydrogens (tertiary/aromatic N) is 1. The summed E-state index contributed by atoms with van der Waals surface area (Å²) in [6, 6.07) is 15.4. The molecule has 1 heterocycles. The van der Waals surface area contributed by atoms with Crippen LogP contribution in [0.5, 0.6) is 0 Å². The number of carbonyl (C=O) groups excluding carboxylic acids is 1. The van der Waals surface area contributed by atoms with Crippen LogP contribution in [-0.4, -0.2) is 17.5 Å². The first kappa shape index (κ1) is 18.6. The summed E-state index contributed by atoms with van der Waals surface area (Å²) < 4.78 is 5.20. The van der Waals surface area contributed by atoms with Gasteiger partial charge in [-0.1, -0.05) is 48.5 Å². The Morgan fingerprint density at radius 3 is 2.48 bits per heavy atom. The van der Waals surface area contributed by atoms with Gasteiger partial charge < -0.3 is 10.1 Å². The van der Waals surface area contributed by atoms with Gasteiger partial charge in [-0.15, -0.1) is 0 Å². The molecule has 0 unspecified atom stereocenters. The fraction of sp³-hybridized carbons (Fsp3) is 0.250. The molecule has 1 aliphatic heterocycles. The van der Waals surface area contributed by atoms with Gasteiger partial charge in [-0.2, -0.15) is 0 Å². The fourth-order valence-electron chi connectivity index (χ4n) is 3.25. The van der Waals surface area contributed by atoms with Crippen LogP contribution in [0.3, 0.4) is 0 Å². The summed E-state index contributed by atoms with van der Waals surface area (Å²) in [6.45, 7) is 3.73. The zero-order valence-corrected chi connectivity index (χ0v) is 15.1. The molecule has 0 aromatic heterocycles. The zero-order chi connectivity index (χ0) is 19.4. The molecule has 0 saturated heterocycles. The van der Waals surface area contributed by atoms with E-state index in [4.69, 9.17) is 4.74 Å². The first-order chi connectivity index (χ1) is 13.0. The van der Waals surface area contributed by atoms with Crippen LogP contribution >= 0.6 is 0 Å². The predicted octanol–water partition coefficient (Wildman–Crippen LogP) is 3.36. The van der Waals surface area contributed by atoms with Gasteiger partial charge in [0.2, 0.25) is 0 Å². The molecule has 0 saturated carbocycles. The average molecular weight is 367 g/mol. The molecule has 3 rings (SSSR count). The average Bonchev–Trinajstić information content (AvgIpc) is 2.68. The number of nitro groups is 1. The van der Waals surface area contributed by atoms with Crippen molar-refractivity contribution in [1.29, 1.82) is 0 Å². The van der Waals surface area contributed by atoms with Gasteiger partial charge in [0.1, 0.15) is 6.17 Å². The molecule has 2 aromatic carbocycles. The number of nitrogens with one attached hydrogen (secondary N) is 2. The van der Waals surface area contributed by atoms with Crippen molar-refractivity contribution in [3.8, 4) is 0 Å². The minimum atomic E-state index is -0.669. The maximum absolute atomic E-state index is 12.6. The van der Waals surface area contributed by atoms with Crippen LogP contribution < -0.4 is 10.6 Å². The number of allylic oxidation sites excluding steroid dienone is 1. The molecule has 7 nitrogen and oxygen atoms in total. The molecule has 0 fully saturated rings. The Kier molecular flexibility index (Phi) is 5.52. The van der Waals surface area contributed by atoms with Crippen molar-refractivity contribution >= 4 is 11.7 Å². The Labute approximate surface area is 157 Å². The van der Waals surface area contributed by atoms with Crippen LogP contribution in [0, 0.1) is 10.1 Å². The summed E-state index contributed by atoms with van der Waals surface area (Å²) in [5.41, 5.74) is 2.32. The summed E-state index contributed by atoms with van der Waals surface area (Å²) in [6.07, 6.45) is -0.297. The third-order valence-electron chi connectivity index (χ3n) is 4.46. The van der Waals surface area contributed by atoms with Crippen LogP contribution in [0.25, 0.3) is 0 Å². The van der Waals surface area contributed by atoms with E-state index in [1.807, 2.05) is 30.3 Å². The smallest absolute Gasteiger partial charge is 0.337 e. The van der Waals surface area contributed by atoms with E-state index in [-0.39, 0.29) is 18.5 Å². The Balaban J connectivity index is 2.10. The molecule has 0 aliphatic carbocycles. The number of rotatable bonds is 5. The molecular weight excluding hydrogens is 346 g/mol. The van der Waals surface area contributed by atoms with E-state index in [1.165, 1.54) is 6.07 Å². The molecule has 0 bridgehead atoms. The maximum atomic E-state index is 12.6. The molecule has 2 atom stereocenters. The first-order valence-electron chi connectivity index (χ1n) is 8.71. The second kappa shape index (κ2) is 8.01. The van der Waals surface area contributed by atoms with Crippen molar-refractivity contribution < 1.29 is 14.5 Å². The van der Waals surface area contributed by atoms with Crippen LogP contribution in [0.1, 0.15) is 37.2 Å². The van der Waals surface area contributed by atoms with Gasteiger partial charge in [0, 0.05) is 11.8 Å². The summed E-state index contributed by atoms with van der Waals surface area (Å²) in [7, 11) is 0. The number of ether oxygens (including phenoxy) is 1. The number of carbonyl (C=O) groups is 1. The van der Waals surface area contributed by atoms with Gasteiger partial charge in [-0.3, -0.25) is 15.4 Å². The van der Waals surface area contributed by atoms with Crippen molar-refractivity contribution in [3.05, 3.63) is 87.1 Å². The van der Waals surface area contributed by atoms with Crippen molar-refractivity contribution in [2.75, 3.05) is 6.61 Å². The molecular formula is C20H21N3O4. The van der Waals surface area contributed by atoms with Gasteiger partial charge in [-0.25, -0.2) is 4.79 Å². The second-order valence-corrected chi connectivity index (χ2v) is 6.16. The number of benzene rings is 2. The lowest BCUT2D eigenvalue weighted by molar-refractivity contribution is -0.385. The molecule has 140 valence electrons. The van der Waals surface area contributed by atoms with Crippen LogP contribution in [0.15, 0.2) is 65.9 Å². The Morgan fingerprint density at radius 1 is 1.15 bits per heavy atom. The minimum Gasteiger partial charge on any atom is -0.463 e. The van der Waals surface area contributed by atoms with Crippen molar-refractivity contribution in [3.63, 3.8) is 0 Å². The van der Waals surface area contributed by atoms with Gasteiger partial charge in [0.15, 0.2) is 0 Å². The van der Waals surface area contributed by atoms with E-state index < -0.39 is 16.9 Å². The Morgan fingerprint density at radius 2 is 1.81 bits per heavy atom. The van der Waals surface area contributed by atoms with Gasteiger partial charge in [0.05, 0.1) is 28.7 Å². The van der Waals surface area contributed by atoms with E-state index in [9.17, 15) is 14.9 Å². The first-order valence-corrected chi connectivity index (χ1v) is 8.71. The number of para-hydroxylation sites is 1. The predicted molar refractivity (Wildman–Crippen MR) is 101 cm³/mol. The van der Waals surface area contributed by atoms with Crippen molar-refractivity contribution in [1.82, 2.24) is 10.6 Å². The molecule has 27 heavy (non-hydrogen) atoms. The third-order valence-corrected chi connectivity index (χ3v) is 4.46. The van der Waals surface area contributed by atoms with Crippen LogP contribution in [0.4, 0.5) is 5.69 Å². The second-order valence-electron chi connectivity index (χ2n) is 6.16. The number of nitro benzene ring substituents is 1. The lowest BCUT2D eigenvalue weighted by atomic mass is 9.92. The summed E-state index contributed by atoms with van der Waals surface area (Å²) in [5, 5.41) is 18.1. The zero-order valence-electron chi connectivity index (χ0n) is 15.1. The summed E-state index contributed by atoms with van der Waals surface area (Å²) in [4.78, 5) is 23.7. The summed E-state index contributed by atoms with van der Waals surface area (Å²) >= 11 is 0. The normalized spacial score (nSPS) is 19.3. The number of esters is 1. The van der Waals surface area contributed by atoms with Crippen LogP contribution in [-0.2, 0) is 9.53 Å². The van der Waals surface area contributed by atoms with E-state index >= 15 is 0 Å². The maximum Gasteiger partial charge on any atom is 0.337 e. The fourth-order valence-corrected chi connectivity index (χ4v) is 3.25.